The highest BCUT2D eigenvalue weighted by molar-refractivity contribution is 7.25. The molecule has 0 unspecified atom stereocenters. The number of H-pyrrole nitrogens is 1. The van der Waals surface area contributed by atoms with E-state index in [4.69, 9.17) is 0 Å². The first kappa shape index (κ1) is 12.1. The van der Waals surface area contributed by atoms with Gasteiger partial charge >= 0.3 is 5.69 Å². The van der Waals surface area contributed by atoms with Gasteiger partial charge in [0.05, 0.1) is 10.2 Å². The molecule has 5 nitrogen and oxygen atoms in total. The molecule has 0 aliphatic heterocycles. The first-order chi connectivity index (χ1) is 8.89. The fourth-order valence-electron chi connectivity index (χ4n) is 2.16. The number of aromatic nitrogens is 3. The smallest absolute Gasteiger partial charge is 0.304 e. The van der Waals surface area contributed by atoms with E-state index in [1.165, 1.54) is 15.9 Å². The number of hydrogen-bond acceptors (Lipinski definition) is 4. The summed E-state index contributed by atoms with van der Waals surface area (Å²) >= 11 is 1.36. The van der Waals surface area contributed by atoms with Gasteiger partial charge in [-0.1, -0.05) is 0 Å². The maximum Gasteiger partial charge on any atom is 0.329 e. The highest BCUT2D eigenvalue weighted by atomic mass is 32.1. The molecule has 3 rings (SSSR count). The minimum absolute atomic E-state index is 0.255. The lowest BCUT2D eigenvalue weighted by atomic mass is 10.1. The van der Waals surface area contributed by atoms with E-state index in [-0.39, 0.29) is 5.56 Å². The van der Waals surface area contributed by atoms with Crippen molar-refractivity contribution in [2.24, 2.45) is 0 Å². The Balaban J connectivity index is 2.57. The van der Waals surface area contributed by atoms with Crippen molar-refractivity contribution in [2.75, 3.05) is 0 Å². The van der Waals surface area contributed by atoms with Crippen LogP contribution in [-0.4, -0.2) is 14.5 Å². The van der Waals surface area contributed by atoms with Crippen molar-refractivity contribution in [3.63, 3.8) is 0 Å². The molecule has 98 valence electrons. The van der Waals surface area contributed by atoms with E-state index in [0.717, 1.165) is 4.70 Å². The lowest BCUT2D eigenvalue weighted by Gasteiger charge is -2.20. The van der Waals surface area contributed by atoms with E-state index in [1.54, 1.807) is 6.20 Å². The van der Waals surface area contributed by atoms with Crippen molar-refractivity contribution in [3.05, 3.63) is 39.2 Å². The molecule has 0 saturated heterocycles. The number of hydrogen-bond donors (Lipinski definition) is 1. The second kappa shape index (κ2) is 3.77. The lowest BCUT2D eigenvalue weighted by molar-refractivity contribution is 0.370. The van der Waals surface area contributed by atoms with Crippen LogP contribution in [0.2, 0.25) is 0 Å². The highest BCUT2D eigenvalue weighted by Crippen LogP contribution is 2.27. The summed E-state index contributed by atoms with van der Waals surface area (Å²) in [4.78, 5) is 31.6. The van der Waals surface area contributed by atoms with Crippen LogP contribution in [0.1, 0.15) is 20.8 Å². The Morgan fingerprint density at radius 1 is 1.32 bits per heavy atom. The van der Waals surface area contributed by atoms with Crippen LogP contribution in [0, 0.1) is 0 Å². The molecule has 0 saturated carbocycles. The average Bonchev–Trinajstić information content (AvgIpc) is 2.67. The quantitative estimate of drug-likeness (QED) is 0.682. The van der Waals surface area contributed by atoms with Gasteiger partial charge in [0.25, 0.3) is 5.56 Å². The number of nitrogens with zero attached hydrogens (tertiary/aromatic N) is 2. The topological polar surface area (TPSA) is 67.8 Å². The summed E-state index contributed by atoms with van der Waals surface area (Å²) in [7, 11) is 0. The zero-order chi connectivity index (χ0) is 13.8. The maximum atomic E-state index is 12.5. The second-order valence-electron chi connectivity index (χ2n) is 5.40. The van der Waals surface area contributed by atoms with Gasteiger partial charge in [-0.25, -0.2) is 4.79 Å². The molecule has 0 atom stereocenters. The van der Waals surface area contributed by atoms with Crippen LogP contribution < -0.4 is 11.2 Å². The van der Waals surface area contributed by atoms with Crippen molar-refractivity contribution in [1.29, 1.82) is 0 Å². The number of rotatable bonds is 0. The molecule has 0 aliphatic rings. The Bertz CT molecular complexity index is 896. The van der Waals surface area contributed by atoms with Crippen LogP contribution in [0.25, 0.3) is 20.4 Å². The van der Waals surface area contributed by atoms with Crippen molar-refractivity contribution >= 4 is 31.8 Å². The largest absolute Gasteiger partial charge is 0.329 e. The average molecular weight is 275 g/mol. The Labute approximate surface area is 112 Å². The van der Waals surface area contributed by atoms with Crippen molar-refractivity contribution in [2.45, 2.75) is 26.3 Å². The van der Waals surface area contributed by atoms with Crippen LogP contribution in [0.3, 0.4) is 0 Å². The summed E-state index contributed by atoms with van der Waals surface area (Å²) in [6, 6.07) is 3.71. The lowest BCUT2D eigenvalue weighted by Crippen LogP contribution is -2.44. The van der Waals surface area contributed by atoms with Crippen LogP contribution in [0.4, 0.5) is 0 Å². The molecule has 6 heteroatoms. The molecule has 0 aliphatic carbocycles. The summed E-state index contributed by atoms with van der Waals surface area (Å²) < 4.78 is 2.70. The van der Waals surface area contributed by atoms with E-state index in [0.29, 0.717) is 15.7 Å². The Hall–Kier alpha value is -1.95. The molecule has 0 fully saturated rings. The third-order valence-electron chi connectivity index (χ3n) is 2.95. The third-order valence-corrected chi connectivity index (χ3v) is 4.08. The molecule has 0 spiro atoms. The van der Waals surface area contributed by atoms with Crippen LogP contribution in [-0.2, 0) is 5.54 Å². The molecule has 0 bridgehead atoms. The molecule has 0 amide bonds. The van der Waals surface area contributed by atoms with Crippen molar-refractivity contribution < 1.29 is 0 Å². The van der Waals surface area contributed by atoms with E-state index in [2.05, 4.69) is 9.97 Å². The molecule has 0 aromatic carbocycles. The Morgan fingerprint density at radius 3 is 2.74 bits per heavy atom. The summed E-state index contributed by atoms with van der Waals surface area (Å²) in [5, 5.41) is 0. The number of pyridine rings is 1. The van der Waals surface area contributed by atoms with E-state index in [9.17, 15) is 9.59 Å². The fraction of sp³-hybridized carbons (Fsp3) is 0.308. The van der Waals surface area contributed by atoms with Gasteiger partial charge in [0, 0.05) is 11.7 Å². The van der Waals surface area contributed by atoms with Crippen LogP contribution >= 0.6 is 11.3 Å². The summed E-state index contributed by atoms with van der Waals surface area (Å²) in [6.07, 6.45) is 1.65. The SMILES string of the molecule is CC(C)(C)n1c(=O)[nH]c2c(sc3cccnc32)c1=O. The fourth-order valence-corrected chi connectivity index (χ4v) is 3.21. The van der Waals surface area contributed by atoms with Gasteiger partial charge in [0.2, 0.25) is 0 Å². The Kier molecular flexibility index (Phi) is 2.40. The first-order valence-electron chi connectivity index (χ1n) is 5.92. The molecule has 0 radical (unpaired) electrons. The van der Waals surface area contributed by atoms with Gasteiger partial charge in [-0.2, -0.15) is 0 Å². The zero-order valence-electron chi connectivity index (χ0n) is 10.9. The number of thiophene rings is 1. The minimum atomic E-state index is -0.553. The molecular weight excluding hydrogens is 262 g/mol. The van der Waals surface area contributed by atoms with Crippen LogP contribution in [0.5, 0.6) is 0 Å². The third kappa shape index (κ3) is 1.71. The monoisotopic (exact) mass is 275 g/mol. The summed E-state index contributed by atoms with van der Waals surface area (Å²) in [6.45, 7) is 5.50. The maximum absolute atomic E-state index is 12.5. The number of aromatic amines is 1. The molecule has 3 aromatic rings. The van der Waals surface area contributed by atoms with Gasteiger partial charge < -0.3 is 4.98 Å². The molecule has 19 heavy (non-hydrogen) atoms. The molecule has 3 aromatic heterocycles. The predicted octanol–water partition coefficient (Wildman–Crippen LogP) is 2.05. The van der Waals surface area contributed by atoms with Gasteiger partial charge in [0.15, 0.2) is 0 Å². The number of nitrogens with one attached hydrogen (secondary N) is 1. The standard InChI is InChI=1S/C13H13N3O2S/c1-13(2,3)16-11(17)10-9(15-12(16)18)8-7(19-10)5-4-6-14-8/h4-6H,1-3H3,(H,15,18). The summed E-state index contributed by atoms with van der Waals surface area (Å²) in [5.41, 5.74) is 0.0149. The van der Waals surface area contributed by atoms with Crippen LogP contribution in [0.15, 0.2) is 27.9 Å². The van der Waals surface area contributed by atoms with Gasteiger partial charge in [-0.15, -0.1) is 11.3 Å². The second-order valence-corrected chi connectivity index (χ2v) is 6.45. The normalized spacial score (nSPS) is 12.4. The van der Waals surface area contributed by atoms with E-state index < -0.39 is 11.2 Å². The van der Waals surface area contributed by atoms with Gasteiger partial charge in [-0.3, -0.25) is 14.3 Å². The molecule has 1 N–H and O–H groups in total. The van der Waals surface area contributed by atoms with E-state index >= 15 is 0 Å². The first-order valence-corrected chi connectivity index (χ1v) is 6.74. The predicted molar refractivity (Wildman–Crippen MR) is 77.0 cm³/mol. The Morgan fingerprint density at radius 2 is 2.05 bits per heavy atom. The molecule has 3 heterocycles. The minimum Gasteiger partial charge on any atom is -0.304 e. The van der Waals surface area contributed by atoms with Gasteiger partial charge in [-0.05, 0) is 32.9 Å². The highest BCUT2D eigenvalue weighted by Gasteiger charge is 2.21. The van der Waals surface area contributed by atoms with Crippen molar-refractivity contribution in [1.82, 2.24) is 14.5 Å². The number of fused-ring (bicyclic) bond motifs is 3. The zero-order valence-corrected chi connectivity index (χ0v) is 11.7. The van der Waals surface area contributed by atoms with E-state index in [1.807, 2.05) is 32.9 Å². The summed E-state index contributed by atoms with van der Waals surface area (Å²) in [5.74, 6) is 0. The van der Waals surface area contributed by atoms with Gasteiger partial charge in [0.1, 0.15) is 10.2 Å². The molecular formula is C13H13N3O2S. The van der Waals surface area contributed by atoms with Crippen molar-refractivity contribution in [3.8, 4) is 0 Å².